The van der Waals surface area contributed by atoms with Gasteiger partial charge in [0.2, 0.25) is 5.88 Å². The summed E-state index contributed by atoms with van der Waals surface area (Å²) in [5.74, 6) is -0.327. The third-order valence-corrected chi connectivity index (χ3v) is 5.44. The molecule has 1 aliphatic rings. The van der Waals surface area contributed by atoms with Crippen molar-refractivity contribution < 1.29 is 19.0 Å². The van der Waals surface area contributed by atoms with Crippen molar-refractivity contribution in [2.75, 3.05) is 0 Å². The van der Waals surface area contributed by atoms with E-state index in [1.165, 1.54) is 17.1 Å². The summed E-state index contributed by atoms with van der Waals surface area (Å²) in [5, 5.41) is 21.3. The number of pyridine rings is 1. The zero-order valence-electron chi connectivity index (χ0n) is 17.2. The van der Waals surface area contributed by atoms with Crippen LogP contribution in [0.15, 0.2) is 54.7 Å². The number of fused-ring (bicyclic) bond motifs is 1. The molecule has 0 atom stereocenters. The summed E-state index contributed by atoms with van der Waals surface area (Å²) in [4.78, 5) is 18.4. The molecule has 0 bridgehead atoms. The van der Waals surface area contributed by atoms with Crippen molar-refractivity contribution in [1.82, 2.24) is 25.3 Å². The average Bonchev–Trinajstić information content (AvgIpc) is 3.42. The van der Waals surface area contributed by atoms with Gasteiger partial charge in [-0.3, -0.25) is 4.79 Å². The van der Waals surface area contributed by atoms with E-state index in [1.54, 1.807) is 49.5 Å². The third-order valence-electron chi connectivity index (χ3n) is 5.44. The van der Waals surface area contributed by atoms with E-state index in [1.807, 2.05) is 0 Å². The van der Waals surface area contributed by atoms with Crippen molar-refractivity contribution in [2.24, 2.45) is 7.05 Å². The molecule has 0 saturated heterocycles. The highest BCUT2D eigenvalue weighted by Gasteiger charge is 2.42. The number of nitrogens with one attached hydrogen (secondary N) is 1. The summed E-state index contributed by atoms with van der Waals surface area (Å²) < 4.78 is 20.3. The van der Waals surface area contributed by atoms with Crippen molar-refractivity contribution in [3.05, 3.63) is 77.2 Å². The summed E-state index contributed by atoms with van der Waals surface area (Å²) >= 11 is 0. The van der Waals surface area contributed by atoms with Gasteiger partial charge in [-0.25, -0.2) is 9.37 Å². The Hall–Kier alpha value is -3.85. The summed E-state index contributed by atoms with van der Waals surface area (Å²) in [6.07, 6.45) is 2.79. The van der Waals surface area contributed by atoms with Gasteiger partial charge in [-0.05, 0) is 48.7 Å². The molecule has 0 unspecified atom stereocenters. The largest absolute Gasteiger partial charge is 0.438 e. The Morgan fingerprint density at radius 2 is 2.00 bits per heavy atom. The number of aryl methyl sites for hydroxylation is 1. The van der Waals surface area contributed by atoms with Crippen LogP contribution in [0.25, 0.3) is 11.0 Å². The van der Waals surface area contributed by atoms with Gasteiger partial charge in [-0.15, -0.1) is 0 Å². The fraction of sp³-hybridized carbons (Fsp3) is 0.217. The molecule has 0 spiro atoms. The number of benzene rings is 2. The lowest BCUT2D eigenvalue weighted by Gasteiger charge is -2.12. The Balaban J connectivity index is 1.31. The van der Waals surface area contributed by atoms with Crippen LogP contribution < -0.4 is 10.1 Å². The van der Waals surface area contributed by atoms with E-state index in [-0.39, 0.29) is 18.0 Å². The van der Waals surface area contributed by atoms with Gasteiger partial charge in [0.1, 0.15) is 28.2 Å². The zero-order valence-corrected chi connectivity index (χ0v) is 17.2. The van der Waals surface area contributed by atoms with Gasteiger partial charge in [0.05, 0.1) is 5.60 Å². The second-order valence-electron chi connectivity index (χ2n) is 7.82. The lowest BCUT2D eigenvalue weighted by molar-refractivity contribution is 0.0947. The Morgan fingerprint density at radius 1 is 1.19 bits per heavy atom. The monoisotopic (exact) mass is 433 g/mol. The number of carbonyl (C=O) groups excluding carboxylic acids is 1. The van der Waals surface area contributed by atoms with E-state index in [0.29, 0.717) is 35.2 Å². The van der Waals surface area contributed by atoms with Gasteiger partial charge in [-0.2, -0.15) is 15.0 Å². The SMILES string of the molecule is Cn1nc2ccc(Oc3ncccc3C(=O)NCc3ccc(C4(O)CC4)cc3F)cc2n1. The van der Waals surface area contributed by atoms with Crippen molar-refractivity contribution in [2.45, 2.75) is 25.0 Å². The van der Waals surface area contributed by atoms with E-state index in [9.17, 15) is 14.3 Å². The van der Waals surface area contributed by atoms with Crippen LogP contribution >= 0.6 is 0 Å². The highest BCUT2D eigenvalue weighted by atomic mass is 19.1. The minimum absolute atomic E-state index is 0.0106. The van der Waals surface area contributed by atoms with Crippen LogP contribution in [0.4, 0.5) is 4.39 Å². The quantitative estimate of drug-likeness (QED) is 0.484. The topological polar surface area (TPSA) is 102 Å². The predicted octanol–water partition coefficient (Wildman–Crippen LogP) is 3.21. The number of carbonyl (C=O) groups is 1. The molecule has 5 rings (SSSR count). The highest BCUT2D eigenvalue weighted by Crippen LogP contribution is 2.45. The van der Waals surface area contributed by atoms with Gasteiger partial charge in [-0.1, -0.05) is 12.1 Å². The number of ether oxygens (including phenoxy) is 1. The van der Waals surface area contributed by atoms with Crippen LogP contribution in [0.5, 0.6) is 11.6 Å². The lowest BCUT2D eigenvalue weighted by atomic mass is 10.0. The third kappa shape index (κ3) is 3.90. The molecule has 2 aromatic carbocycles. The first-order valence-electron chi connectivity index (χ1n) is 10.1. The molecule has 4 aromatic rings. The first-order chi connectivity index (χ1) is 15.4. The van der Waals surface area contributed by atoms with Crippen LogP contribution in [0, 0.1) is 5.82 Å². The number of aromatic nitrogens is 4. The molecule has 0 aliphatic heterocycles. The molecule has 0 radical (unpaired) electrons. The molecule has 2 N–H and O–H groups in total. The molecular weight excluding hydrogens is 413 g/mol. The van der Waals surface area contributed by atoms with E-state index >= 15 is 0 Å². The van der Waals surface area contributed by atoms with E-state index < -0.39 is 17.3 Å². The molecule has 2 heterocycles. The molecule has 1 amide bonds. The molecule has 9 heteroatoms. The maximum absolute atomic E-state index is 14.4. The van der Waals surface area contributed by atoms with Crippen LogP contribution in [-0.2, 0) is 19.2 Å². The maximum Gasteiger partial charge on any atom is 0.257 e. The Morgan fingerprint density at radius 3 is 2.78 bits per heavy atom. The van der Waals surface area contributed by atoms with Crippen LogP contribution in [0.3, 0.4) is 0 Å². The first kappa shape index (κ1) is 20.1. The number of aliphatic hydroxyl groups is 1. The normalized spacial score (nSPS) is 14.3. The Labute approximate surface area is 182 Å². The van der Waals surface area contributed by atoms with Crippen molar-refractivity contribution in [3.63, 3.8) is 0 Å². The summed E-state index contributed by atoms with van der Waals surface area (Å²) in [5.41, 5.74) is 1.58. The molecule has 162 valence electrons. The van der Waals surface area contributed by atoms with E-state index in [4.69, 9.17) is 4.74 Å². The Bertz CT molecular complexity index is 1330. The van der Waals surface area contributed by atoms with Crippen LogP contribution in [0.2, 0.25) is 0 Å². The molecule has 1 saturated carbocycles. The molecule has 8 nitrogen and oxygen atoms in total. The van der Waals surface area contributed by atoms with Crippen LogP contribution in [-0.4, -0.2) is 31.0 Å². The van der Waals surface area contributed by atoms with Gasteiger partial charge in [0.25, 0.3) is 5.91 Å². The number of hydrogen-bond acceptors (Lipinski definition) is 6. The number of halogens is 1. The summed E-state index contributed by atoms with van der Waals surface area (Å²) in [7, 11) is 1.73. The van der Waals surface area contributed by atoms with Gasteiger partial charge >= 0.3 is 0 Å². The number of amides is 1. The molecule has 32 heavy (non-hydrogen) atoms. The van der Waals surface area contributed by atoms with Gasteiger partial charge in [0, 0.05) is 31.4 Å². The highest BCUT2D eigenvalue weighted by molar-refractivity contribution is 5.96. The standard InChI is InChI=1S/C23H20FN5O3/c1-29-27-19-7-6-16(12-20(19)28-29)32-22-17(3-2-10-25-22)21(30)26-13-14-4-5-15(11-18(14)24)23(31)8-9-23/h2-7,10-12,31H,8-9,13H2,1H3,(H,26,30). The van der Waals surface area contributed by atoms with E-state index in [0.717, 1.165) is 5.52 Å². The molecule has 2 aromatic heterocycles. The van der Waals surface area contributed by atoms with Crippen LogP contribution in [0.1, 0.15) is 34.3 Å². The average molecular weight is 433 g/mol. The zero-order chi connectivity index (χ0) is 22.3. The van der Waals surface area contributed by atoms with Gasteiger partial charge < -0.3 is 15.2 Å². The fourth-order valence-corrected chi connectivity index (χ4v) is 3.48. The van der Waals surface area contributed by atoms with Gasteiger partial charge in [0.15, 0.2) is 0 Å². The first-order valence-corrected chi connectivity index (χ1v) is 10.1. The maximum atomic E-state index is 14.4. The molecular formula is C23H20FN5O3. The second-order valence-corrected chi connectivity index (χ2v) is 7.82. The number of nitrogens with zero attached hydrogens (tertiary/aromatic N) is 4. The minimum Gasteiger partial charge on any atom is -0.438 e. The Kier molecular flexibility index (Phi) is 4.82. The smallest absolute Gasteiger partial charge is 0.257 e. The minimum atomic E-state index is -0.904. The fourth-order valence-electron chi connectivity index (χ4n) is 3.48. The van der Waals surface area contributed by atoms with Crippen molar-refractivity contribution in [3.8, 4) is 11.6 Å². The number of rotatable bonds is 6. The predicted molar refractivity (Wildman–Crippen MR) is 114 cm³/mol. The van der Waals surface area contributed by atoms with E-state index in [2.05, 4.69) is 20.5 Å². The molecule has 1 fully saturated rings. The second kappa shape index (κ2) is 7.69. The van der Waals surface area contributed by atoms with Crippen molar-refractivity contribution in [1.29, 1.82) is 0 Å². The lowest BCUT2D eigenvalue weighted by Crippen LogP contribution is -2.24. The molecule has 1 aliphatic carbocycles. The summed E-state index contributed by atoms with van der Waals surface area (Å²) in [6.45, 7) is -0.0106. The number of hydrogen-bond donors (Lipinski definition) is 2. The summed E-state index contributed by atoms with van der Waals surface area (Å²) in [6, 6.07) is 13.0. The van der Waals surface area contributed by atoms with Crippen molar-refractivity contribution >= 4 is 16.9 Å².